The predicted octanol–water partition coefficient (Wildman–Crippen LogP) is 3.66. The maximum Gasteiger partial charge on any atom is 0.0595 e. The lowest BCUT2D eigenvalue weighted by Crippen LogP contribution is -2.40. The molecule has 1 aromatic carbocycles. The Bertz CT molecular complexity index is 370. The molecule has 0 bridgehead atoms. The van der Waals surface area contributed by atoms with E-state index in [0.717, 1.165) is 6.42 Å². The molecule has 1 nitrogen and oxygen atoms in total. The van der Waals surface area contributed by atoms with Crippen LogP contribution in [0.15, 0.2) is 18.2 Å². The summed E-state index contributed by atoms with van der Waals surface area (Å²) >= 11 is 11.8. The summed E-state index contributed by atoms with van der Waals surface area (Å²) in [7, 11) is 0. The molecular formula is C12H15Cl2N. The van der Waals surface area contributed by atoms with Crippen molar-refractivity contribution in [3.63, 3.8) is 0 Å². The van der Waals surface area contributed by atoms with Crippen molar-refractivity contribution in [1.29, 1.82) is 0 Å². The number of rotatable bonds is 3. The van der Waals surface area contributed by atoms with E-state index in [9.17, 15) is 0 Å². The Morgan fingerprint density at radius 2 is 2.00 bits per heavy atom. The zero-order chi connectivity index (χ0) is 11.1. The van der Waals surface area contributed by atoms with E-state index in [1.807, 2.05) is 18.2 Å². The van der Waals surface area contributed by atoms with Gasteiger partial charge in [0.1, 0.15) is 0 Å². The van der Waals surface area contributed by atoms with Gasteiger partial charge in [0.2, 0.25) is 0 Å². The molecule has 0 amide bonds. The van der Waals surface area contributed by atoms with Gasteiger partial charge in [0.05, 0.1) is 10.0 Å². The van der Waals surface area contributed by atoms with Crippen LogP contribution in [0.5, 0.6) is 0 Å². The molecule has 0 saturated heterocycles. The summed E-state index contributed by atoms with van der Waals surface area (Å²) in [6.07, 6.45) is 3.39. The maximum atomic E-state index is 6.27. The van der Waals surface area contributed by atoms with Gasteiger partial charge in [-0.15, -0.1) is 0 Å². The van der Waals surface area contributed by atoms with Crippen LogP contribution in [-0.4, -0.2) is 5.54 Å². The van der Waals surface area contributed by atoms with Crippen molar-refractivity contribution < 1.29 is 0 Å². The van der Waals surface area contributed by atoms with Crippen LogP contribution in [0.2, 0.25) is 10.0 Å². The van der Waals surface area contributed by atoms with Gasteiger partial charge in [-0.3, -0.25) is 0 Å². The number of hydrogen-bond donors (Lipinski definition) is 1. The van der Waals surface area contributed by atoms with Crippen molar-refractivity contribution in [2.45, 2.75) is 31.7 Å². The third-order valence-electron chi connectivity index (χ3n) is 3.08. The monoisotopic (exact) mass is 243 g/mol. The van der Waals surface area contributed by atoms with Crippen LogP contribution in [-0.2, 0) is 6.42 Å². The number of nitrogens with two attached hydrogens (primary N) is 1. The van der Waals surface area contributed by atoms with Crippen molar-refractivity contribution in [3.05, 3.63) is 33.8 Å². The molecule has 0 radical (unpaired) electrons. The molecule has 15 heavy (non-hydrogen) atoms. The van der Waals surface area contributed by atoms with Crippen LogP contribution in [0.3, 0.4) is 0 Å². The van der Waals surface area contributed by atoms with Crippen LogP contribution < -0.4 is 5.73 Å². The quantitative estimate of drug-likeness (QED) is 0.862. The highest BCUT2D eigenvalue weighted by Crippen LogP contribution is 2.40. The molecule has 2 N–H and O–H groups in total. The molecule has 0 heterocycles. The van der Waals surface area contributed by atoms with Gasteiger partial charge in [0.15, 0.2) is 0 Å². The molecule has 1 aliphatic carbocycles. The van der Waals surface area contributed by atoms with Gasteiger partial charge >= 0.3 is 0 Å². The van der Waals surface area contributed by atoms with Gasteiger partial charge < -0.3 is 5.73 Å². The number of benzene rings is 1. The molecular weight excluding hydrogens is 229 g/mol. The van der Waals surface area contributed by atoms with Crippen molar-refractivity contribution in [2.75, 3.05) is 0 Å². The first-order valence-electron chi connectivity index (χ1n) is 5.22. The second kappa shape index (κ2) is 3.97. The summed E-state index contributed by atoms with van der Waals surface area (Å²) in [4.78, 5) is 0. The summed E-state index contributed by atoms with van der Waals surface area (Å²) < 4.78 is 0. The Morgan fingerprint density at radius 3 is 2.53 bits per heavy atom. The van der Waals surface area contributed by atoms with Crippen LogP contribution >= 0.6 is 23.2 Å². The Kier molecular flexibility index (Phi) is 2.98. The summed E-state index contributed by atoms with van der Waals surface area (Å²) in [5.74, 6) is 0.673. The van der Waals surface area contributed by atoms with Crippen LogP contribution in [0.25, 0.3) is 0 Å². The standard InChI is InChI=1S/C12H15Cl2N/c1-12(15,9-3-4-9)7-8-2-5-10(13)11(14)6-8/h2,5-6,9H,3-4,7,15H2,1H3. The van der Waals surface area contributed by atoms with E-state index in [2.05, 4.69) is 6.92 Å². The van der Waals surface area contributed by atoms with E-state index in [-0.39, 0.29) is 5.54 Å². The molecule has 1 saturated carbocycles. The zero-order valence-electron chi connectivity index (χ0n) is 8.76. The number of hydrogen-bond acceptors (Lipinski definition) is 1. The average molecular weight is 244 g/mol. The van der Waals surface area contributed by atoms with E-state index >= 15 is 0 Å². The number of halogens is 2. The van der Waals surface area contributed by atoms with E-state index in [0.29, 0.717) is 16.0 Å². The Hall–Kier alpha value is -0.240. The molecule has 1 aliphatic rings. The Labute approximate surface area is 101 Å². The fraction of sp³-hybridized carbons (Fsp3) is 0.500. The van der Waals surface area contributed by atoms with Crippen molar-refractivity contribution in [3.8, 4) is 0 Å². The van der Waals surface area contributed by atoms with Crippen molar-refractivity contribution in [1.82, 2.24) is 0 Å². The van der Waals surface area contributed by atoms with E-state index < -0.39 is 0 Å². The highest BCUT2D eigenvalue weighted by Gasteiger charge is 2.38. The molecule has 82 valence electrons. The normalized spacial score (nSPS) is 20.0. The molecule has 0 aliphatic heterocycles. The second-order valence-corrected chi connectivity index (χ2v) is 5.52. The average Bonchev–Trinajstić information content (AvgIpc) is 2.93. The molecule has 0 spiro atoms. The topological polar surface area (TPSA) is 26.0 Å². The fourth-order valence-electron chi connectivity index (χ4n) is 1.98. The van der Waals surface area contributed by atoms with Gasteiger partial charge in [0.25, 0.3) is 0 Å². The summed E-state index contributed by atoms with van der Waals surface area (Å²) in [5.41, 5.74) is 7.33. The van der Waals surface area contributed by atoms with Crippen LogP contribution in [0.4, 0.5) is 0 Å². The van der Waals surface area contributed by atoms with Crippen molar-refractivity contribution >= 4 is 23.2 Å². The lowest BCUT2D eigenvalue weighted by atomic mass is 9.89. The molecule has 1 fully saturated rings. The highest BCUT2D eigenvalue weighted by atomic mass is 35.5. The van der Waals surface area contributed by atoms with Gasteiger partial charge in [-0.2, -0.15) is 0 Å². The molecule has 3 heteroatoms. The minimum atomic E-state index is -0.100. The molecule has 1 atom stereocenters. The SMILES string of the molecule is CC(N)(Cc1ccc(Cl)c(Cl)c1)C1CC1. The summed E-state index contributed by atoms with van der Waals surface area (Å²) in [5, 5.41) is 1.21. The minimum Gasteiger partial charge on any atom is -0.325 e. The van der Waals surface area contributed by atoms with E-state index in [4.69, 9.17) is 28.9 Å². The third-order valence-corrected chi connectivity index (χ3v) is 3.82. The molecule has 0 aromatic heterocycles. The lowest BCUT2D eigenvalue weighted by molar-refractivity contribution is 0.406. The van der Waals surface area contributed by atoms with Gasteiger partial charge in [0, 0.05) is 5.54 Å². The van der Waals surface area contributed by atoms with Gasteiger partial charge in [-0.1, -0.05) is 29.3 Å². The van der Waals surface area contributed by atoms with E-state index in [1.54, 1.807) is 0 Å². The highest BCUT2D eigenvalue weighted by molar-refractivity contribution is 6.42. The smallest absolute Gasteiger partial charge is 0.0595 e. The van der Waals surface area contributed by atoms with Crippen LogP contribution in [0, 0.1) is 5.92 Å². The second-order valence-electron chi connectivity index (χ2n) is 4.71. The maximum absolute atomic E-state index is 6.27. The first kappa shape index (κ1) is 11.3. The lowest BCUT2D eigenvalue weighted by Gasteiger charge is -2.24. The third kappa shape index (κ3) is 2.66. The Balaban J connectivity index is 2.13. The van der Waals surface area contributed by atoms with Crippen molar-refractivity contribution in [2.24, 2.45) is 11.7 Å². The first-order valence-corrected chi connectivity index (χ1v) is 5.97. The summed E-state index contributed by atoms with van der Waals surface area (Å²) in [6, 6.07) is 5.75. The van der Waals surface area contributed by atoms with E-state index in [1.165, 1.54) is 18.4 Å². The first-order chi connectivity index (χ1) is 6.99. The predicted molar refractivity (Wildman–Crippen MR) is 65.5 cm³/mol. The van der Waals surface area contributed by atoms with Gasteiger partial charge in [-0.05, 0) is 49.8 Å². The largest absolute Gasteiger partial charge is 0.325 e. The van der Waals surface area contributed by atoms with Gasteiger partial charge in [-0.25, -0.2) is 0 Å². The molecule has 1 aromatic rings. The zero-order valence-corrected chi connectivity index (χ0v) is 10.3. The Morgan fingerprint density at radius 1 is 1.33 bits per heavy atom. The molecule has 1 unspecified atom stereocenters. The molecule has 2 rings (SSSR count). The fourth-order valence-corrected chi connectivity index (χ4v) is 2.30. The van der Waals surface area contributed by atoms with Crippen LogP contribution in [0.1, 0.15) is 25.3 Å². The minimum absolute atomic E-state index is 0.100. The summed E-state index contributed by atoms with van der Waals surface area (Å²) in [6.45, 7) is 2.12.